The highest BCUT2D eigenvalue weighted by Gasteiger charge is 2.26. The molecule has 6 heteroatoms. The van der Waals surface area contributed by atoms with Crippen LogP contribution in [0, 0.1) is 13.8 Å². The molecule has 1 aromatic rings. The lowest BCUT2D eigenvalue weighted by Crippen LogP contribution is -2.43. The maximum absolute atomic E-state index is 12.1. The van der Waals surface area contributed by atoms with E-state index in [0.29, 0.717) is 11.6 Å². The molecule has 0 aliphatic heterocycles. The van der Waals surface area contributed by atoms with Crippen molar-refractivity contribution in [2.75, 3.05) is 11.1 Å². The molecule has 122 valence electrons. The van der Waals surface area contributed by atoms with Crippen molar-refractivity contribution in [1.29, 1.82) is 0 Å². The average Bonchev–Trinajstić information content (AvgIpc) is 2.45. The van der Waals surface area contributed by atoms with Gasteiger partial charge in [0.25, 0.3) is 0 Å². The zero-order chi connectivity index (χ0) is 16.1. The summed E-state index contributed by atoms with van der Waals surface area (Å²) in [5.41, 5.74) is 1.95. The van der Waals surface area contributed by atoms with E-state index in [9.17, 15) is 9.00 Å². The molecule has 0 bridgehead atoms. The smallest absolute Gasteiger partial charge is 0.320 e. The van der Waals surface area contributed by atoms with Crippen LogP contribution in [0.5, 0.6) is 0 Å². The Hall–Kier alpha value is -1.43. The molecule has 1 saturated carbocycles. The van der Waals surface area contributed by atoms with Gasteiger partial charge in [-0.2, -0.15) is 0 Å². The number of amides is 2. The summed E-state index contributed by atoms with van der Waals surface area (Å²) in [5, 5.41) is 5.99. The maximum atomic E-state index is 12.1. The summed E-state index contributed by atoms with van der Waals surface area (Å²) < 4.78 is 11.9. The van der Waals surface area contributed by atoms with Crippen molar-refractivity contribution in [2.45, 2.75) is 57.7 Å². The highest BCUT2D eigenvalue weighted by Crippen LogP contribution is 2.23. The number of urea groups is 1. The van der Waals surface area contributed by atoms with Gasteiger partial charge < -0.3 is 5.32 Å². The monoisotopic (exact) mass is 323 g/mol. The molecular weight excluding hydrogens is 298 g/mol. The minimum absolute atomic E-state index is 0.0974. The van der Waals surface area contributed by atoms with Crippen molar-refractivity contribution in [1.82, 2.24) is 10.3 Å². The predicted octanol–water partition coefficient (Wildman–Crippen LogP) is 2.90. The molecule has 2 rings (SSSR count). The fourth-order valence-corrected chi connectivity index (χ4v) is 4.34. The molecule has 1 heterocycles. The predicted molar refractivity (Wildman–Crippen MR) is 90.6 cm³/mol. The first kappa shape index (κ1) is 16.9. The van der Waals surface area contributed by atoms with Crippen LogP contribution >= 0.6 is 0 Å². The van der Waals surface area contributed by atoms with Gasteiger partial charge in [0.05, 0.1) is 0 Å². The van der Waals surface area contributed by atoms with E-state index in [-0.39, 0.29) is 17.3 Å². The zero-order valence-corrected chi connectivity index (χ0v) is 14.3. The number of carbonyl (C=O) groups excluding carboxylic acids is 1. The Labute approximate surface area is 134 Å². The molecule has 22 heavy (non-hydrogen) atoms. The first-order valence-corrected chi connectivity index (χ1v) is 9.26. The van der Waals surface area contributed by atoms with Gasteiger partial charge in [-0.3, -0.25) is 9.53 Å². The molecule has 2 amide bonds. The third-order valence-electron chi connectivity index (χ3n) is 3.96. The molecule has 0 spiro atoms. The molecule has 1 aliphatic carbocycles. The Bertz CT molecular complexity index is 542. The lowest BCUT2D eigenvalue weighted by atomic mass is 9.95. The van der Waals surface area contributed by atoms with E-state index >= 15 is 0 Å². The number of anilines is 1. The SMILES string of the molecule is CC[S@@](=O)[C@H]1CCC[C@H](NC(=O)Nc2cc(C)cc(C)n2)C1. The van der Waals surface area contributed by atoms with Gasteiger partial charge in [-0.25, -0.2) is 9.78 Å². The first-order chi connectivity index (χ1) is 10.5. The van der Waals surface area contributed by atoms with Crippen LogP contribution in [0.3, 0.4) is 0 Å². The quantitative estimate of drug-likeness (QED) is 0.895. The van der Waals surface area contributed by atoms with Crippen LogP contribution < -0.4 is 10.6 Å². The molecule has 1 fully saturated rings. The minimum Gasteiger partial charge on any atom is -0.335 e. The van der Waals surface area contributed by atoms with Gasteiger partial charge in [-0.1, -0.05) is 13.3 Å². The number of nitrogens with zero attached hydrogens (tertiary/aromatic N) is 1. The second-order valence-electron chi connectivity index (χ2n) is 5.92. The average molecular weight is 323 g/mol. The number of nitrogens with one attached hydrogen (secondary N) is 2. The van der Waals surface area contributed by atoms with E-state index in [1.54, 1.807) is 0 Å². The molecule has 0 saturated heterocycles. The van der Waals surface area contributed by atoms with Crippen LogP contribution in [0.25, 0.3) is 0 Å². The number of hydrogen-bond acceptors (Lipinski definition) is 3. The van der Waals surface area contributed by atoms with Crippen LogP contribution in [-0.4, -0.2) is 32.3 Å². The second kappa shape index (κ2) is 7.72. The van der Waals surface area contributed by atoms with Crippen LogP contribution in [0.4, 0.5) is 10.6 Å². The summed E-state index contributed by atoms with van der Waals surface area (Å²) in [7, 11) is -0.777. The van der Waals surface area contributed by atoms with E-state index in [0.717, 1.165) is 36.9 Å². The Morgan fingerprint density at radius 1 is 1.36 bits per heavy atom. The normalized spacial score (nSPS) is 22.9. The summed E-state index contributed by atoms with van der Waals surface area (Å²) >= 11 is 0. The molecule has 1 aliphatic rings. The standard InChI is InChI=1S/C16H25N3O2S/c1-4-22(21)14-7-5-6-13(10-14)18-16(20)19-15-9-11(2)8-12(3)17-15/h8-9,13-14H,4-7,10H2,1-3H3,(H2,17,18,19,20)/t13-,14-,22+/m0/s1. The van der Waals surface area contributed by atoms with Gasteiger partial charge in [0.2, 0.25) is 0 Å². The zero-order valence-electron chi connectivity index (χ0n) is 13.5. The first-order valence-electron chi connectivity index (χ1n) is 7.88. The molecular formula is C16H25N3O2S. The summed E-state index contributed by atoms with van der Waals surface area (Å²) in [6.45, 7) is 5.83. The molecule has 2 N–H and O–H groups in total. The Morgan fingerprint density at radius 3 is 2.82 bits per heavy atom. The fraction of sp³-hybridized carbons (Fsp3) is 0.625. The topological polar surface area (TPSA) is 71.1 Å². The van der Waals surface area contributed by atoms with E-state index in [1.165, 1.54) is 0 Å². The third-order valence-corrected chi connectivity index (χ3v) is 5.70. The van der Waals surface area contributed by atoms with Gasteiger partial charge >= 0.3 is 6.03 Å². The van der Waals surface area contributed by atoms with E-state index in [2.05, 4.69) is 15.6 Å². The van der Waals surface area contributed by atoms with Crippen molar-refractivity contribution in [3.8, 4) is 0 Å². The lowest BCUT2D eigenvalue weighted by Gasteiger charge is -2.29. The van der Waals surface area contributed by atoms with Gasteiger partial charge in [0.1, 0.15) is 5.82 Å². The van der Waals surface area contributed by atoms with Crippen molar-refractivity contribution in [3.05, 3.63) is 23.4 Å². The van der Waals surface area contributed by atoms with Gasteiger partial charge in [-0.05, 0) is 50.8 Å². The van der Waals surface area contributed by atoms with Crippen LogP contribution in [0.15, 0.2) is 12.1 Å². The highest BCUT2D eigenvalue weighted by atomic mass is 32.2. The lowest BCUT2D eigenvalue weighted by molar-refractivity contribution is 0.244. The Kier molecular flexibility index (Phi) is 5.94. The highest BCUT2D eigenvalue weighted by molar-refractivity contribution is 7.85. The largest absolute Gasteiger partial charge is 0.335 e. The van der Waals surface area contributed by atoms with Crippen LogP contribution in [0.1, 0.15) is 43.9 Å². The Morgan fingerprint density at radius 2 is 2.14 bits per heavy atom. The minimum atomic E-state index is -0.777. The molecule has 1 aromatic heterocycles. The number of aromatic nitrogens is 1. The molecule has 5 nitrogen and oxygen atoms in total. The van der Waals surface area contributed by atoms with Crippen LogP contribution in [-0.2, 0) is 10.8 Å². The summed E-state index contributed by atoms with van der Waals surface area (Å²) in [6, 6.07) is 3.68. The molecule has 0 aromatic carbocycles. The van der Waals surface area contributed by atoms with Crippen LogP contribution in [0.2, 0.25) is 0 Å². The van der Waals surface area contributed by atoms with Gasteiger partial charge in [0, 0.05) is 33.5 Å². The van der Waals surface area contributed by atoms with E-state index in [1.807, 2.05) is 32.9 Å². The number of hydrogen-bond donors (Lipinski definition) is 2. The van der Waals surface area contributed by atoms with Crippen molar-refractivity contribution >= 4 is 22.6 Å². The summed E-state index contributed by atoms with van der Waals surface area (Å²) in [5.74, 6) is 1.26. The number of carbonyl (C=O) groups is 1. The van der Waals surface area contributed by atoms with E-state index < -0.39 is 10.8 Å². The molecule has 0 radical (unpaired) electrons. The summed E-state index contributed by atoms with van der Waals surface area (Å²) in [6.07, 6.45) is 3.77. The summed E-state index contributed by atoms with van der Waals surface area (Å²) in [4.78, 5) is 16.4. The Balaban J connectivity index is 1.90. The molecule has 0 unspecified atom stereocenters. The fourth-order valence-electron chi connectivity index (χ4n) is 2.99. The van der Waals surface area contributed by atoms with Crippen molar-refractivity contribution < 1.29 is 9.00 Å². The number of rotatable bonds is 4. The molecule has 3 atom stereocenters. The van der Waals surface area contributed by atoms with Crippen molar-refractivity contribution in [2.24, 2.45) is 0 Å². The van der Waals surface area contributed by atoms with Gasteiger partial charge in [0.15, 0.2) is 0 Å². The van der Waals surface area contributed by atoms with E-state index in [4.69, 9.17) is 0 Å². The maximum Gasteiger partial charge on any atom is 0.320 e. The van der Waals surface area contributed by atoms with Gasteiger partial charge in [-0.15, -0.1) is 0 Å². The van der Waals surface area contributed by atoms with Crippen molar-refractivity contribution in [3.63, 3.8) is 0 Å². The number of aryl methyl sites for hydroxylation is 2. The third kappa shape index (κ3) is 4.80. The number of pyridine rings is 1. The second-order valence-corrected chi connectivity index (χ2v) is 7.93.